The molecule has 0 radical (unpaired) electrons. The molecule has 28 heavy (non-hydrogen) atoms. The molecule has 6 rings (SSSR count). The van der Waals surface area contributed by atoms with Crippen LogP contribution < -0.4 is 0 Å². The maximum atomic E-state index is 6.21. The zero-order valence-electron chi connectivity index (χ0n) is 15.4. The van der Waals surface area contributed by atoms with Crippen molar-refractivity contribution >= 4 is 66.4 Å². The fourth-order valence-electron chi connectivity index (χ4n) is 4.10. The Kier molecular flexibility index (Phi) is 3.07. The van der Waals surface area contributed by atoms with E-state index in [1.54, 1.807) is 0 Å². The van der Waals surface area contributed by atoms with Gasteiger partial charge in [-0.05, 0) is 42.8 Å². The van der Waals surface area contributed by atoms with Crippen LogP contribution in [-0.2, 0) is 0 Å². The van der Waals surface area contributed by atoms with E-state index in [2.05, 4.69) is 50.2 Å². The van der Waals surface area contributed by atoms with E-state index in [9.17, 15) is 0 Å². The first-order valence-corrected chi connectivity index (χ1v) is 9.58. The normalized spacial score (nSPS) is 12.1. The van der Waals surface area contributed by atoms with Gasteiger partial charge in [-0.25, -0.2) is 9.97 Å². The molecule has 0 aliphatic heterocycles. The van der Waals surface area contributed by atoms with Crippen molar-refractivity contribution < 1.29 is 4.42 Å². The van der Waals surface area contributed by atoms with Gasteiger partial charge in [0.25, 0.3) is 0 Å². The Hall–Kier alpha value is -3.17. The van der Waals surface area contributed by atoms with Crippen molar-refractivity contribution in [2.45, 2.75) is 13.8 Å². The number of hydrogen-bond acceptors (Lipinski definition) is 3. The molecule has 4 aromatic carbocycles. The highest BCUT2D eigenvalue weighted by Gasteiger charge is 2.16. The highest BCUT2D eigenvalue weighted by Crippen LogP contribution is 2.37. The monoisotopic (exact) mass is 382 g/mol. The first-order chi connectivity index (χ1) is 13.6. The minimum absolute atomic E-state index is 0.540. The minimum Gasteiger partial charge on any atom is -0.436 e. The predicted molar refractivity (Wildman–Crippen MR) is 116 cm³/mol. The van der Waals surface area contributed by atoms with Crippen molar-refractivity contribution in [3.05, 3.63) is 70.7 Å². The number of hydrogen-bond donors (Lipinski definition) is 0. The molecule has 0 aliphatic carbocycles. The number of aromatic nitrogens is 2. The first kappa shape index (κ1) is 15.8. The molecule has 0 unspecified atom stereocenters. The van der Waals surface area contributed by atoms with E-state index < -0.39 is 0 Å². The summed E-state index contributed by atoms with van der Waals surface area (Å²) in [5, 5.41) is 6.13. The van der Waals surface area contributed by atoms with Gasteiger partial charge >= 0.3 is 0 Å². The van der Waals surface area contributed by atoms with E-state index in [0.717, 1.165) is 38.3 Å². The molecule has 0 bridgehead atoms. The molecule has 6 aromatic rings. The highest BCUT2D eigenvalue weighted by atomic mass is 35.5. The maximum Gasteiger partial charge on any atom is 0.246 e. The third kappa shape index (κ3) is 2.11. The van der Waals surface area contributed by atoms with E-state index in [1.807, 2.05) is 18.2 Å². The Balaban J connectivity index is 1.92. The number of fused-ring (bicyclic) bond motifs is 9. The average molecular weight is 383 g/mol. The molecular formula is C24H15ClN2O. The minimum atomic E-state index is 0.540. The molecule has 2 aromatic heterocycles. The standard InChI is InChI=1S/C24H15ClN2O/c1-12-3-6-15-17(9-12)18-10-13(2)4-7-16(18)22-21(15)26-23-19-11-14(25)5-8-20(19)28-24(23)27-22/h3-11H,1-2H3. The summed E-state index contributed by atoms with van der Waals surface area (Å²) in [6.07, 6.45) is 0. The van der Waals surface area contributed by atoms with Crippen LogP contribution in [0.4, 0.5) is 0 Å². The Labute approximate surface area is 165 Å². The number of halogens is 1. The second-order valence-corrected chi connectivity index (χ2v) is 7.85. The van der Waals surface area contributed by atoms with Crippen LogP contribution in [0, 0.1) is 13.8 Å². The fraction of sp³-hybridized carbons (Fsp3) is 0.0833. The SMILES string of the molecule is Cc1ccc2c(c1)c1cc(C)ccc1c1nc3c(nc21)oc1ccc(Cl)cc13. The number of benzene rings is 4. The second kappa shape index (κ2) is 5.43. The van der Waals surface area contributed by atoms with Gasteiger partial charge in [0.2, 0.25) is 5.71 Å². The molecule has 0 saturated carbocycles. The lowest BCUT2D eigenvalue weighted by Gasteiger charge is -2.10. The van der Waals surface area contributed by atoms with E-state index in [1.165, 1.54) is 21.9 Å². The summed E-state index contributed by atoms with van der Waals surface area (Å²) in [6.45, 7) is 4.23. The Morgan fingerprint density at radius 3 is 1.96 bits per heavy atom. The van der Waals surface area contributed by atoms with Crippen LogP contribution in [0.5, 0.6) is 0 Å². The Morgan fingerprint density at radius 2 is 1.29 bits per heavy atom. The smallest absolute Gasteiger partial charge is 0.246 e. The molecule has 0 atom stereocenters. The lowest BCUT2D eigenvalue weighted by Crippen LogP contribution is -1.91. The quantitative estimate of drug-likeness (QED) is 0.263. The number of nitrogens with zero attached hydrogens (tertiary/aromatic N) is 2. The lowest BCUT2D eigenvalue weighted by molar-refractivity contribution is 0.655. The number of furan rings is 1. The number of aryl methyl sites for hydroxylation is 2. The van der Waals surface area contributed by atoms with Crippen LogP contribution >= 0.6 is 11.6 Å². The molecule has 3 nitrogen and oxygen atoms in total. The van der Waals surface area contributed by atoms with E-state index in [-0.39, 0.29) is 0 Å². The highest BCUT2D eigenvalue weighted by molar-refractivity contribution is 6.31. The van der Waals surface area contributed by atoms with E-state index in [4.69, 9.17) is 26.0 Å². The first-order valence-electron chi connectivity index (χ1n) is 9.21. The zero-order chi connectivity index (χ0) is 19.0. The molecule has 4 heteroatoms. The number of rotatable bonds is 0. The van der Waals surface area contributed by atoms with Gasteiger partial charge in [-0.1, -0.05) is 59.1 Å². The summed E-state index contributed by atoms with van der Waals surface area (Å²) in [6, 6.07) is 18.6. The van der Waals surface area contributed by atoms with Crippen LogP contribution in [0.25, 0.3) is 54.8 Å². The van der Waals surface area contributed by atoms with Crippen LogP contribution in [0.15, 0.2) is 59.0 Å². The van der Waals surface area contributed by atoms with Crippen molar-refractivity contribution in [3.8, 4) is 0 Å². The van der Waals surface area contributed by atoms with Gasteiger partial charge in [0.05, 0.1) is 10.9 Å². The van der Waals surface area contributed by atoms with Crippen molar-refractivity contribution in [2.75, 3.05) is 0 Å². The molecule has 2 heterocycles. The van der Waals surface area contributed by atoms with Crippen molar-refractivity contribution in [1.82, 2.24) is 9.97 Å². The third-order valence-electron chi connectivity index (χ3n) is 5.42. The third-order valence-corrected chi connectivity index (χ3v) is 5.65. The van der Waals surface area contributed by atoms with Gasteiger partial charge in [0.1, 0.15) is 16.6 Å². The van der Waals surface area contributed by atoms with Crippen LogP contribution in [0.1, 0.15) is 11.1 Å². The summed E-state index contributed by atoms with van der Waals surface area (Å²) in [7, 11) is 0. The van der Waals surface area contributed by atoms with Crippen LogP contribution in [-0.4, -0.2) is 9.97 Å². The predicted octanol–water partition coefficient (Wildman–Crippen LogP) is 7.11. The second-order valence-electron chi connectivity index (χ2n) is 7.42. The molecular weight excluding hydrogens is 368 g/mol. The van der Waals surface area contributed by atoms with Gasteiger partial charge in [-0.2, -0.15) is 0 Å². The molecule has 0 fully saturated rings. The molecule has 134 valence electrons. The van der Waals surface area contributed by atoms with Crippen LogP contribution in [0.2, 0.25) is 5.02 Å². The van der Waals surface area contributed by atoms with E-state index in [0.29, 0.717) is 10.7 Å². The van der Waals surface area contributed by atoms with Crippen LogP contribution in [0.3, 0.4) is 0 Å². The zero-order valence-corrected chi connectivity index (χ0v) is 16.1. The summed E-state index contributed by atoms with van der Waals surface area (Å²) in [5.41, 5.74) is 6.24. The molecule has 0 aliphatic rings. The summed E-state index contributed by atoms with van der Waals surface area (Å²) in [4.78, 5) is 9.93. The van der Waals surface area contributed by atoms with Gasteiger partial charge in [-0.3, -0.25) is 0 Å². The molecule has 0 amide bonds. The van der Waals surface area contributed by atoms with E-state index >= 15 is 0 Å². The summed E-state index contributed by atoms with van der Waals surface area (Å²) < 4.78 is 5.99. The molecule has 0 N–H and O–H groups in total. The Bertz CT molecular complexity index is 1600. The fourth-order valence-corrected chi connectivity index (χ4v) is 4.27. The van der Waals surface area contributed by atoms with Gasteiger partial charge < -0.3 is 4.42 Å². The maximum absolute atomic E-state index is 6.21. The van der Waals surface area contributed by atoms with Crippen molar-refractivity contribution in [2.24, 2.45) is 0 Å². The summed E-state index contributed by atoms with van der Waals surface area (Å²) in [5.74, 6) is 0. The lowest BCUT2D eigenvalue weighted by atomic mass is 9.97. The van der Waals surface area contributed by atoms with Gasteiger partial charge in [-0.15, -0.1) is 0 Å². The molecule has 0 saturated heterocycles. The van der Waals surface area contributed by atoms with Gasteiger partial charge in [0.15, 0.2) is 0 Å². The largest absolute Gasteiger partial charge is 0.436 e. The van der Waals surface area contributed by atoms with Crippen molar-refractivity contribution in [3.63, 3.8) is 0 Å². The average Bonchev–Trinajstić information content (AvgIpc) is 3.03. The topological polar surface area (TPSA) is 38.9 Å². The Morgan fingerprint density at radius 1 is 0.643 bits per heavy atom. The van der Waals surface area contributed by atoms with Crippen molar-refractivity contribution in [1.29, 1.82) is 0 Å². The summed E-state index contributed by atoms with van der Waals surface area (Å²) >= 11 is 6.21. The van der Waals surface area contributed by atoms with Gasteiger partial charge in [0, 0.05) is 15.8 Å². The molecule has 0 spiro atoms.